The number of carbonyl (C=O) groups excluding carboxylic acids is 2. The highest BCUT2D eigenvalue weighted by Crippen LogP contribution is 2.22. The van der Waals surface area contributed by atoms with Crippen LogP contribution >= 0.6 is 0 Å². The number of ether oxygens (including phenoxy) is 2. The standard InChI is InChI=1S/C16H21NO4/c1-3-21-13-8-4-11(5-9-13)16(19)14(10-15(18)20-2)17-12-6-7-12/h4-5,8-9,12,14,17H,3,6-7,10H2,1-2H3. The summed E-state index contributed by atoms with van der Waals surface area (Å²) in [6.45, 7) is 2.49. The molecule has 0 bridgehead atoms. The van der Waals surface area contributed by atoms with Gasteiger partial charge in [-0.3, -0.25) is 9.59 Å². The van der Waals surface area contributed by atoms with Crippen molar-refractivity contribution in [2.75, 3.05) is 13.7 Å². The Labute approximate surface area is 124 Å². The second kappa shape index (κ2) is 7.22. The van der Waals surface area contributed by atoms with Crippen molar-refractivity contribution in [2.24, 2.45) is 0 Å². The van der Waals surface area contributed by atoms with E-state index in [4.69, 9.17) is 4.74 Å². The van der Waals surface area contributed by atoms with Gasteiger partial charge in [0.05, 0.1) is 26.2 Å². The molecule has 2 rings (SSSR count). The molecule has 1 aromatic carbocycles. The predicted octanol–water partition coefficient (Wildman–Crippen LogP) is 1.95. The number of benzene rings is 1. The minimum absolute atomic E-state index is 0.0546. The zero-order valence-corrected chi connectivity index (χ0v) is 12.4. The monoisotopic (exact) mass is 291 g/mol. The molecule has 1 atom stereocenters. The van der Waals surface area contributed by atoms with Gasteiger partial charge >= 0.3 is 5.97 Å². The summed E-state index contributed by atoms with van der Waals surface area (Å²) in [4.78, 5) is 24.0. The predicted molar refractivity (Wildman–Crippen MR) is 78.5 cm³/mol. The largest absolute Gasteiger partial charge is 0.494 e. The lowest BCUT2D eigenvalue weighted by Gasteiger charge is -2.16. The average Bonchev–Trinajstić information content (AvgIpc) is 3.31. The normalized spacial score (nSPS) is 15.3. The summed E-state index contributed by atoms with van der Waals surface area (Å²) in [7, 11) is 1.33. The molecule has 1 aliphatic rings. The highest BCUT2D eigenvalue weighted by Gasteiger charge is 2.30. The van der Waals surface area contributed by atoms with E-state index in [-0.39, 0.29) is 18.2 Å². The molecule has 0 heterocycles. The molecule has 5 nitrogen and oxygen atoms in total. The van der Waals surface area contributed by atoms with E-state index in [9.17, 15) is 9.59 Å². The summed E-state index contributed by atoms with van der Waals surface area (Å²) >= 11 is 0. The minimum atomic E-state index is -0.525. The molecule has 0 aromatic heterocycles. The first-order valence-corrected chi connectivity index (χ1v) is 7.24. The maximum Gasteiger partial charge on any atom is 0.307 e. The third-order valence-corrected chi connectivity index (χ3v) is 3.38. The molecule has 0 amide bonds. The lowest BCUT2D eigenvalue weighted by atomic mass is 10.0. The Morgan fingerprint density at radius 1 is 1.29 bits per heavy atom. The van der Waals surface area contributed by atoms with Crippen molar-refractivity contribution in [3.05, 3.63) is 29.8 Å². The van der Waals surface area contributed by atoms with Crippen LogP contribution in [0.25, 0.3) is 0 Å². The van der Waals surface area contributed by atoms with Crippen LogP contribution in [0.3, 0.4) is 0 Å². The van der Waals surface area contributed by atoms with E-state index in [0.717, 1.165) is 18.6 Å². The van der Waals surface area contributed by atoms with Gasteiger partial charge in [-0.05, 0) is 44.0 Å². The van der Waals surface area contributed by atoms with Gasteiger partial charge in [0.25, 0.3) is 0 Å². The van der Waals surface area contributed by atoms with Gasteiger partial charge in [0.1, 0.15) is 5.75 Å². The molecule has 5 heteroatoms. The number of methoxy groups -OCH3 is 1. The Kier molecular flexibility index (Phi) is 5.33. The lowest BCUT2D eigenvalue weighted by molar-refractivity contribution is -0.140. The van der Waals surface area contributed by atoms with Gasteiger partial charge in [-0.15, -0.1) is 0 Å². The second-order valence-corrected chi connectivity index (χ2v) is 5.10. The minimum Gasteiger partial charge on any atom is -0.494 e. The number of hydrogen-bond acceptors (Lipinski definition) is 5. The Hall–Kier alpha value is -1.88. The molecule has 1 aromatic rings. The third kappa shape index (κ3) is 4.56. The van der Waals surface area contributed by atoms with Gasteiger partial charge in [-0.2, -0.15) is 0 Å². The van der Waals surface area contributed by atoms with Crippen LogP contribution in [0.2, 0.25) is 0 Å². The van der Waals surface area contributed by atoms with E-state index in [2.05, 4.69) is 10.1 Å². The summed E-state index contributed by atoms with van der Waals surface area (Å²) in [6.07, 6.45) is 2.15. The molecule has 1 aliphatic carbocycles. The van der Waals surface area contributed by atoms with Crippen molar-refractivity contribution in [3.8, 4) is 5.75 Å². The number of carbonyl (C=O) groups is 2. The van der Waals surface area contributed by atoms with Crippen LogP contribution in [-0.4, -0.2) is 37.6 Å². The van der Waals surface area contributed by atoms with Crippen molar-refractivity contribution < 1.29 is 19.1 Å². The second-order valence-electron chi connectivity index (χ2n) is 5.10. The highest BCUT2D eigenvalue weighted by atomic mass is 16.5. The van der Waals surface area contributed by atoms with Crippen LogP contribution < -0.4 is 10.1 Å². The molecule has 21 heavy (non-hydrogen) atoms. The Balaban J connectivity index is 2.06. The van der Waals surface area contributed by atoms with Crippen LogP contribution in [0.1, 0.15) is 36.5 Å². The zero-order valence-electron chi connectivity index (χ0n) is 12.4. The van der Waals surface area contributed by atoms with Crippen LogP contribution in [0, 0.1) is 0 Å². The highest BCUT2D eigenvalue weighted by molar-refractivity contribution is 6.01. The van der Waals surface area contributed by atoms with E-state index in [1.807, 2.05) is 6.92 Å². The summed E-state index contributed by atoms with van der Waals surface area (Å²) in [5.41, 5.74) is 0.570. The van der Waals surface area contributed by atoms with Crippen LogP contribution in [-0.2, 0) is 9.53 Å². The van der Waals surface area contributed by atoms with Crippen molar-refractivity contribution in [3.63, 3.8) is 0 Å². The third-order valence-electron chi connectivity index (χ3n) is 3.38. The summed E-state index contributed by atoms with van der Waals surface area (Å²) < 4.78 is 10.0. The van der Waals surface area contributed by atoms with Crippen molar-refractivity contribution in [2.45, 2.75) is 38.3 Å². The van der Waals surface area contributed by atoms with Gasteiger partial charge in [-0.25, -0.2) is 0 Å². The molecule has 1 N–H and O–H groups in total. The first kappa shape index (κ1) is 15.5. The molecule has 1 fully saturated rings. The first-order valence-electron chi connectivity index (χ1n) is 7.24. The fourth-order valence-electron chi connectivity index (χ4n) is 2.10. The van der Waals surface area contributed by atoms with E-state index in [0.29, 0.717) is 18.2 Å². The quantitative estimate of drug-likeness (QED) is 0.586. The van der Waals surface area contributed by atoms with Crippen molar-refractivity contribution >= 4 is 11.8 Å². The van der Waals surface area contributed by atoms with E-state index in [1.165, 1.54) is 7.11 Å². The van der Waals surface area contributed by atoms with Gasteiger partial charge in [0.2, 0.25) is 0 Å². The number of nitrogens with one attached hydrogen (secondary N) is 1. The van der Waals surface area contributed by atoms with Gasteiger partial charge < -0.3 is 14.8 Å². The molecule has 1 saturated carbocycles. The Morgan fingerprint density at radius 2 is 1.95 bits per heavy atom. The molecular weight excluding hydrogens is 270 g/mol. The fourth-order valence-corrected chi connectivity index (χ4v) is 2.10. The molecule has 0 spiro atoms. The zero-order chi connectivity index (χ0) is 15.2. The van der Waals surface area contributed by atoms with Gasteiger partial charge in [-0.1, -0.05) is 0 Å². The SMILES string of the molecule is CCOc1ccc(C(=O)C(CC(=O)OC)NC2CC2)cc1. The Bertz CT molecular complexity index is 494. The summed E-state index contributed by atoms with van der Waals surface area (Å²) in [5, 5.41) is 3.21. The number of Topliss-reactive ketones (excluding diaryl/α,β-unsaturated/α-hetero) is 1. The summed E-state index contributed by atoms with van der Waals surface area (Å²) in [5.74, 6) is 0.261. The molecule has 1 unspecified atom stereocenters. The molecular formula is C16H21NO4. The van der Waals surface area contributed by atoms with Gasteiger partial charge in [0, 0.05) is 11.6 Å². The number of hydrogen-bond donors (Lipinski definition) is 1. The van der Waals surface area contributed by atoms with E-state index >= 15 is 0 Å². The number of esters is 1. The number of rotatable bonds is 8. The fraction of sp³-hybridized carbons (Fsp3) is 0.500. The summed E-state index contributed by atoms with van der Waals surface area (Å²) in [6, 6.07) is 6.80. The maximum absolute atomic E-state index is 12.5. The topological polar surface area (TPSA) is 64.6 Å². The van der Waals surface area contributed by atoms with Crippen molar-refractivity contribution in [1.29, 1.82) is 0 Å². The lowest BCUT2D eigenvalue weighted by Crippen LogP contribution is -2.40. The molecule has 114 valence electrons. The number of ketones is 1. The molecule has 0 saturated heterocycles. The van der Waals surface area contributed by atoms with E-state index < -0.39 is 6.04 Å². The van der Waals surface area contributed by atoms with Crippen molar-refractivity contribution in [1.82, 2.24) is 5.32 Å². The Morgan fingerprint density at radius 3 is 2.48 bits per heavy atom. The van der Waals surface area contributed by atoms with Crippen LogP contribution in [0.5, 0.6) is 5.75 Å². The molecule has 0 aliphatic heterocycles. The molecule has 0 radical (unpaired) electrons. The average molecular weight is 291 g/mol. The smallest absolute Gasteiger partial charge is 0.307 e. The van der Waals surface area contributed by atoms with E-state index in [1.54, 1.807) is 24.3 Å². The van der Waals surface area contributed by atoms with Crippen LogP contribution in [0.4, 0.5) is 0 Å². The van der Waals surface area contributed by atoms with Gasteiger partial charge in [0.15, 0.2) is 5.78 Å². The maximum atomic E-state index is 12.5. The first-order chi connectivity index (χ1) is 10.1. The van der Waals surface area contributed by atoms with Crippen LogP contribution in [0.15, 0.2) is 24.3 Å².